The minimum Gasteiger partial charge on any atom is -0.435 e. The van der Waals surface area contributed by atoms with Crippen molar-refractivity contribution in [3.63, 3.8) is 0 Å². The van der Waals surface area contributed by atoms with Gasteiger partial charge in [-0.3, -0.25) is 14.3 Å². The van der Waals surface area contributed by atoms with E-state index in [1.165, 1.54) is 10.8 Å². The van der Waals surface area contributed by atoms with E-state index < -0.39 is 32.0 Å². The van der Waals surface area contributed by atoms with Gasteiger partial charge in [0.1, 0.15) is 18.3 Å². The monoisotopic (exact) mass is 549 g/mol. The Hall–Kier alpha value is -2.36. The van der Waals surface area contributed by atoms with Crippen LogP contribution in [0.25, 0.3) is 10.8 Å². The van der Waals surface area contributed by atoms with Crippen LogP contribution in [0.5, 0.6) is 5.75 Å². The van der Waals surface area contributed by atoms with Gasteiger partial charge in [-0.1, -0.05) is 43.3 Å². The number of aromatic amines is 1. The van der Waals surface area contributed by atoms with E-state index in [1.807, 2.05) is 49.4 Å². The Bertz CT molecular complexity index is 1280. The molecule has 0 amide bonds. The number of rotatable bonds is 9. The highest BCUT2D eigenvalue weighted by atomic mass is 79.9. The van der Waals surface area contributed by atoms with Crippen molar-refractivity contribution in [2.45, 2.75) is 38.6 Å². The maximum atomic E-state index is 12.3. The van der Waals surface area contributed by atoms with Crippen LogP contribution >= 0.6 is 24.5 Å². The second kappa shape index (κ2) is 10.9. The van der Waals surface area contributed by atoms with Crippen molar-refractivity contribution in [2.75, 3.05) is 6.61 Å². The first-order valence-electron chi connectivity index (χ1n) is 10.8. The molecule has 3 aromatic rings. The van der Waals surface area contributed by atoms with Gasteiger partial charge >= 0.3 is 14.2 Å². The SMILES string of the molecule is CC(C=O)N[P@@](OCC1CC(C)C(n2cc(Br)c(=O)[nH]c2=O)O1)Oc1cccc2ccccc12. The molecular weight excluding hydrogens is 525 g/mol. The molecule has 2 aromatic carbocycles. The molecule has 1 fully saturated rings. The first-order chi connectivity index (χ1) is 16.4. The summed E-state index contributed by atoms with van der Waals surface area (Å²) in [6.07, 6.45) is 2.04. The summed E-state index contributed by atoms with van der Waals surface area (Å²) in [6, 6.07) is 13.2. The molecule has 5 atom stereocenters. The Balaban J connectivity index is 1.46. The molecule has 0 bridgehead atoms. The largest absolute Gasteiger partial charge is 0.435 e. The number of H-pyrrole nitrogens is 1. The molecule has 1 aromatic heterocycles. The van der Waals surface area contributed by atoms with Gasteiger partial charge in [-0.2, -0.15) is 0 Å². The van der Waals surface area contributed by atoms with E-state index in [2.05, 4.69) is 26.0 Å². The van der Waals surface area contributed by atoms with Crippen LogP contribution in [0.1, 0.15) is 26.5 Å². The number of aldehydes is 1. The maximum absolute atomic E-state index is 12.3. The number of hydrogen-bond acceptors (Lipinski definition) is 7. The second-order valence-electron chi connectivity index (χ2n) is 8.18. The molecule has 34 heavy (non-hydrogen) atoms. The lowest BCUT2D eigenvalue weighted by Crippen LogP contribution is -2.34. The molecule has 0 spiro atoms. The van der Waals surface area contributed by atoms with Gasteiger partial charge in [0.25, 0.3) is 5.56 Å². The highest BCUT2D eigenvalue weighted by Gasteiger charge is 2.35. The molecule has 4 rings (SSSR count). The molecule has 0 saturated carbocycles. The summed E-state index contributed by atoms with van der Waals surface area (Å²) in [4.78, 5) is 37.4. The smallest absolute Gasteiger partial charge is 0.330 e. The number of nitrogens with zero attached hydrogens (tertiary/aromatic N) is 1. The van der Waals surface area contributed by atoms with Crippen molar-refractivity contribution in [1.29, 1.82) is 0 Å². The van der Waals surface area contributed by atoms with E-state index in [0.717, 1.165) is 17.1 Å². The lowest BCUT2D eigenvalue weighted by Gasteiger charge is -2.23. The summed E-state index contributed by atoms with van der Waals surface area (Å²) in [7, 11) is -1.65. The molecule has 2 heterocycles. The number of aromatic nitrogens is 2. The number of ether oxygens (including phenoxy) is 1. The van der Waals surface area contributed by atoms with E-state index in [-0.39, 0.29) is 23.1 Å². The van der Waals surface area contributed by atoms with E-state index in [9.17, 15) is 14.4 Å². The minimum atomic E-state index is -1.65. The molecule has 4 unspecified atom stereocenters. The highest BCUT2D eigenvalue weighted by molar-refractivity contribution is 9.10. The van der Waals surface area contributed by atoms with Crippen LogP contribution < -0.4 is 20.9 Å². The van der Waals surface area contributed by atoms with Gasteiger partial charge < -0.3 is 18.6 Å². The summed E-state index contributed by atoms with van der Waals surface area (Å²) in [5.41, 5.74) is -1.02. The zero-order valence-corrected chi connectivity index (χ0v) is 21.1. The van der Waals surface area contributed by atoms with Gasteiger partial charge in [-0.25, -0.2) is 9.88 Å². The average Bonchev–Trinajstić information content (AvgIpc) is 3.20. The normalized spacial score (nSPS) is 21.9. The Kier molecular flexibility index (Phi) is 7.95. The predicted octanol–water partition coefficient (Wildman–Crippen LogP) is 3.88. The molecule has 11 heteroatoms. The number of benzene rings is 2. The second-order valence-corrected chi connectivity index (χ2v) is 10.2. The number of fused-ring (bicyclic) bond motifs is 1. The van der Waals surface area contributed by atoms with Crippen LogP contribution in [0.4, 0.5) is 0 Å². The van der Waals surface area contributed by atoms with Crippen LogP contribution in [0.3, 0.4) is 0 Å². The molecule has 180 valence electrons. The Morgan fingerprint density at radius 2 is 2.06 bits per heavy atom. The Morgan fingerprint density at radius 1 is 1.29 bits per heavy atom. The van der Waals surface area contributed by atoms with Crippen molar-refractivity contribution in [1.82, 2.24) is 14.6 Å². The standard InChI is InChI=1S/C23H25BrN3O6P/c1-14-10-17(32-22(14)27-11-19(24)21(29)25-23(27)30)13-31-34(26-15(2)12-28)33-20-9-5-7-16-6-3-4-8-18(16)20/h3-9,11-12,14-15,17,22,26H,10,13H2,1-2H3,(H,25,29,30)/t14?,15?,17?,22?,34-/m0/s1. The molecule has 0 radical (unpaired) electrons. The van der Waals surface area contributed by atoms with E-state index >= 15 is 0 Å². The summed E-state index contributed by atoms with van der Waals surface area (Å²) in [6.45, 7) is 3.90. The van der Waals surface area contributed by atoms with Crippen molar-refractivity contribution in [3.8, 4) is 5.75 Å². The summed E-state index contributed by atoms with van der Waals surface area (Å²) in [5.74, 6) is 0.661. The number of hydrogen-bond donors (Lipinski definition) is 2. The minimum absolute atomic E-state index is 0.0103. The highest BCUT2D eigenvalue weighted by Crippen LogP contribution is 2.41. The molecule has 1 aliphatic heterocycles. The topological polar surface area (TPSA) is 112 Å². The summed E-state index contributed by atoms with van der Waals surface area (Å²) in [5, 5.41) is 5.05. The summed E-state index contributed by atoms with van der Waals surface area (Å²) < 4.78 is 19.9. The lowest BCUT2D eigenvalue weighted by molar-refractivity contribution is -0.108. The molecule has 0 aliphatic carbocycles. The zero-order valence-electron chi connectivity index (χ0n) is 18.6. The van der Waals surface area contributed by atoms with E-state index in [0.29, 0.717) is 12.2 Å². The van der Waals surface area contributed by atoms with Gasteiger partial charge in [0, 0.05) is 17.5 Å². The van der Waals surface area contributed by atoms with Crippen molar-refractivity contribution in [3.05, 3.63) is 74.0 Å². The third-order valence-electron chi connectivity index (χ3n) is 5.47. The van der Waals surface area contributed by atoms with Crippen molar-refractivity contribution in [2.24, 2.45) is 5.92 Å². The fourth-order valence-electron chi connectivity index (χ4n) is 3.82. The Labute approximate surface area is 205 Å². The lowest BCUT2D eigenvalue weighted by atomic mass is 10.1. The van der Waals surface area contributed by atoms with Gasteiger partial charge in [-0.05, 0) is 40.7 Å². The third kappa shape index (κ3) is 5.64. The van der Waals surface area contributed by atoms with Gasteiger partial charge in [-0.15, -0.1) is 0 Å². The van der Waals surface area contributed by atoms with Gasteiger partial charge in [0.05, 0.1) is 23.2 Å². The van der Waals surface area contributed by atoms with Crippen LogP contribution in [0.2, 0.25) is 0 Å². The van der Waals surface area contributed by atoms with Crippen LogP contribution in [0, 0.1) is 5.92 Å². The van der Waals surface area contributed by atoms with Gasteiger partial charge in [0.15, 0.2) is 0 Å². The number of nitrogens with one attached hydrogen (secondary N) is 2. The molecule has 2 N–H and O–H groups in total. The Morgan fingerprint density at radius 3 is 2.85 bits per heavy atom. The first-order valence-corrected chi connectivity index (χ1v) is 12.8. The first kappa shape index (κ1) is 24.8. The maximum Gasteiger partial charge on any atom is 0.330 e. The van der Waals surface area contributed by atoms with Crippen LogP contribution in [-0.2, 0) is 14.1 Å². The molecule has 1 saturated heterocycles. The van der Waals surface area contributed by atoms with E-state index in [4.69, 9.17) is 13.8 Å². The fourth-order valence-corrected chi connectivity index (χ4v) is 5.35. The number of carbonyl (C=O) groups excluding carboxylic acids is 1. The number of carbonyl (C=O) groups is 1. The predicted molar refractivity (Wildman–Crippen MR) is 133 cm³/mol. The quantitative estimate of drug-likeness (QED) is 0.307. The van der Waals surface area contributed by atoms with Crippen LogP contribution in [0.15, 0.2) is 62.7 Å². The zero-order chi connectivity index (χ0) is 24.2. The third-order valence-corrected chi connectivity index (χ3v) is 7.40. The van der Waals surface area contributed by atoms with Crippen LogP contribution in [-0.4, -0.2) is 34.6 Å². The average molecular weight is 550 g/mol. The fraction of sp³-hybridized carbons (Fsp3) is 0.348. The molecule has 1 aliphatic rings. The van der Waals surface area contributed by atoms with Gasteiger partial charge in [0.2, 0.25) is 0 Å². The summed E-state index contributed by atoms with van der Waals surface area (Å²) >= 11 is 3.16. The van der Waals surface area contributed by atoms with Crippen molar-refractivity contribution >= 4 is 41.5 Å². The molecule has 9 nitrogen and oxygen atoms in total. The van der Waals surface area contributed by atoms with Crippen molar-refractivity contribution < 1.29 is 18.6 Å². The number of halogens is 1. The van der Waals surface area contributed by atoms with E-state index in [1.54, 1.807) is 6.92 Å². The molecular formula is C23H25BrN3O6P.